The van der Waals surface area contributed by atoms with Crippen LogP contribution < -0.4 is 5.32 Å². The van der Waals surface area contributed by atoms with E-state index in [-0.39, 0.29) is 11.7 Å². The highest BCUT2D eigenvalue weighted by Crippen LogP contribution is 2.33. The van der Waals surface area contributed by atoms with Crippen molar-refractivity contribution in [1.82, 2.24) is 20.5 Å². The second-order valence-electron chi connectivity index (χ2n) is 6.60. The van der Waals surface area contributed by atoms with Gasteiger partial charge in [0.1, 0.15) is 5.82 Å². The van der Waals surface area contributed by atoms with Gasteiger partial charge in [0.05, 0.1) is 11.1 Å². The van der Waals surface area contributed by atoms with Gasteiger partial charge in [-0.25, -0.2) is 9.37 Å². The van der Waals surface area contributed by atoms with E-state index in [0.29, 0.717) is 37.3 Å². The van der Waals surface area contributed by atoms with Gasteiger partial charge >= 0.3 is 0 Å². The van der Waals surface area contributed by atoms with Crippen LogP contribution in [0, 0.1) is 12.7 Å². The number of amides is 1. The van der Waals surface area contributed by atoms with Crippen LogP contribution in [0.3, 0.4) is 0 Å². The number of nitrogens with zero attached hydrogens (tertiary/aromatic N) is 2. The minimum atomic E-state index is -0.655. The van der Waals surface area contributed by atoms with E-state index >= 15 is 0 Å². The maximum absolute atomic E-state index is 13.8. The van der Waals surface area contributed by atoms with Crippen LogP contribution >= 0.6 is 0 Å². The van der Waals surface area contributed by atoms with Gasteiger partial charge in [0.15, 0.2) is 5.65 Å². The zero-order chi connectivity index (χ0) is 18.1. The average molecular weight is 354 g/mol. The van der Waals surface area contributed by atoms with Crippen molar-refractivity contribution in [2.45, 2.75) is 25.3 Å². The van der Waals surface area contributed by atoms with E-state index < -0.39 is 5.54 Å². The number of benzene rings is 1. The molecule has 2 N–H and O–H groups in total. The molecule has 0 saturated carbocycles. The minimum Gasteiger partial charge on any atom is -0.381 e. The molecule has 3 aromatic rings. The van der Waals surface area contributed by atoms with E-state index in [1.807, 2.05) is 13.0 Å². The molecule has 1 aliphatic heterocycles. The molecule has 1 saturated heterocycles. The third-order valence-corrected chi connectivity index (χ3v) is 4.94. The number of halogens is 1. The number of aromatic nitrogens is 3. The lowest BCUT2D eigenvalue weighted by Crippen LogP contribution is -2.49. The zero-order valence-electron chi connectivity index (χ0n) is 14.4. The summed E-state index contributed by atoms with van der Waals surface area (Å²) >= 11 is 0. The monoisotopic (exact) mass is 354 g/mol. The van der Waals surface area contributed by atoms with Crippen molar-refractivity contribution in [3.05, 3.63) is 59.2 Å². The SMILES string of the molecule is Cc1[nH]nc2ncc(C(=O)NC3(c4cccc(F)c4)CCOCC3)cc12. The van der Waals surface area contributed by atoms with Crippen LogP contribution in [0.5, 0.6) is 0 Å². The Bertz CT molecular complexity index is 963. The van der Waals surface area contributed by atoms with Gasteiger partial charge in [-0.15, -0.1) is 0 Å². The normalized spacial score (nSPS) is 16.5. The number of fused-ring (bicyclic) bond motifs is 1. The molecule has 1 amide bonds. The number of pyridine rings is 1. The number of hydrogen-bond donors (Lipinski definition) is 2. The Labute approximate surface area is 149 Å². The summed E-state index contributed by atoms with van der Waals surface area (Å²) in [5, 5.41) is 10.9. The smallest absolute Gasteiger partial charge is 0.253 e. The molecule has 2 aromatic heterocycles. The van der Waals surface area contributed by atoms with Crippen molar-refractivity contribution in [1.29, 1.82) is 0 Å². The Hall–Kier alpha value is -2.80. The second kappa shape index (κ2) is 6.49. The molecule has 6 nitrogen and oxygen atoms in total. The molecule has 0 atom stereocenters. The zero-order valence-corrected chi connectivity index (χ0v) is 14.4. The van der Waals surface area contributed by atoms with E-state index in [1.165, 1.54) is 18.3 Å². The summed E-state index contributed by atoms with van der Waals surface area (Å²) in [6.07, 6.45) is 2.68. The number of carbonyl (C=O) groups is 1. The highest BCUT2D eigenvalue weighted by atomic mass is 19.1. The molecule has 0 aliphatic carbocycles. The number of carbonyl (C=O) groups excluding carboxylic acids is 1. The first-order valence-corrected chi connectivity index (χ1v) is 8.54. The van der Waals surface area contributed by atoms with Crippen LogP contribution in [0.15, 0.2) is 36.5 Å². The predicted octanol–water partition coefficient (Wildman–Crippen LogP) is 2.84. The number of aryl methyl sites for hydroxylation is 1. The van der Waals surface area contributed by atoms with Gasteiger partial charge < -0.3 is 10.1 Å². The number of H-pyrrole nitrogens is 1. The molecule has 0 unspecified atom stereocenters. The third kappa shape index (κ3) is 2.94. The summed E-state index contributed by atoms with van der Waals surface area (Å²) < 4.78 is 19.2. The van der Waals surface area contributed by atoms with E-state index in [9.17, 15) is 9.18 Å². The van der Waals surface area contributed by atoms with Crippen molar-refractivity contribution in [2.24, 2.45) is 0 Å². The molecule has 1 fully saturated rings. The molecule has 0 bridgehead atoms. The van der Waals surface area contributed by atoms with E-state index in [2.05, 4.69) is 20.5 Å². The van der Waals surface area contributed by atoms with E-state index in [0.717, 1.165) is 16.6 Å². The number of ether oxygens (including phenoxy) is 1. The van der Waals surface area contributed by atoms with Gasteiger partial charge in [-0.1, -0.05) is 12.1 Å². The Morgan fingerprint density at radius 3 is 2.88 bits per heavy atom. The predicted molar refractivity (Wildman–Crippen MR) is 94.2 cm³/mol. The molecule has 1 aromatic carbocycles. The minimum absolute atomic E-state index is 0.244. The molecule has 7 heteroatoms. The summed E-state index contributed by atoms with van der Waals surface area (Å²) in [7, 11) is 0. The standard InChI is InChI=1S/C19H19FN4O2/c1-12-16-9-13(11-21-17(16)24-23-12)18(25)22-19(5-7-26-8-6-19)14-3-2-4-15(20)10-14/h2-4,9-11H,5-8H2,1H3,(H,22,25)(H,21,23,24). The van der Waals surface area contributed by atoms with Gasteiger partial charge in [0, 0.05) is 30.5 Å². The van der Waals surface area contributed by atoms with Crippen molar-refractivity contribution in [2.75, 3.05) is 13.2 Å². The molecule has 0 radical (unpaired) electrons. The van der Waals surface area contributed by atoms with E-state index in [1.54, 1.807) is 12.1 Å². The van der Waals surface area contributed by atoms with Crippen LogP contribution in [0.25, 0.3) is 11.0 Å². The fourth-order valence-corrected chi connectivity index (χ4v) is 3.43. The van der Waals surface area contributed by atoms with Crippen LogP contribution in [-0.4, -0.2) is 34.3 Å². The average Bonchev–Trinajstić information content (AvgIpc) is 3.03. The first kappa shape index (κ1) is 16.7. The number of nitrogens with one attached hydrogen (secondary N) is 2. The molecular weight excluding hydrogens is 335 g/mol. The van der Waals surface area contributed by atoms with Crippen molar-refractivity contribution in [3.8, 4) is 0 Å². The lowest BCUT2D eigenvalue weighted by molar-refractivity contribution is 0.0344. The molecule has 1 aliphatic rings. The lowest BCUT2D eigenvalue weighted by atomic mass is 9.82. The summed E-state index contributed by atoms with van der Waals surface area (Å²) in [5.41, 5.74) is 1.97. The van der Waals surface area contributed by atoms with Crippen molar-refractivity contribution in [3.63, 3.8) is 0 Å². The molecular formula is C19H19FN4O2. The van der Waals surface area contributed by atoms with Crippen molar-refractivity contribution < 1.29 is 13.9 Å². The second-order valence-corrected chi connectivity index (χ2v) is 6.60. The number of aromatic amines is 1. The maximum Gasteiger partial charge on any atom is 0.253 e. The van der Waals surface area contributed by atoms with Crippen LogP contribution in [0.2, 0.25) is 0 Å². The summed E-state index contributed by atoms with van der Waals surface area (Å²) in [5.74, 6) is -0.564. The van der Waals surface area contributed by atoms with Gasteiger partial charge in [-0.05, 0) is 43.5 Å². The Kier molecular flexibility index (Phi) is 4.16. The molecule has 4 rings (SSSR count). The van der Waals surface area contributed by atoms with Gasteiger partial charge in [-0.3, -0.25) is 9.89 Å². The van der Waals surface area contributed by atoms with Crippen LogP contribution in [0.4, 0.5) is 4.39 Å². The lowest BCUT2D eigenvalue weighted by Gasteiger charge is -2.38. The molecule has 134 valence electrons. The highest BCUT2D eigenvalue weighted by molar-refractivity contribution is 5.97. The molecule has 0 spiro atoms. The van der Waals surface area contributed by atoms with Crippen LogP contribution in [0.1, 0.15) is 34.5 Å². The molecule has 3 heterocycles. The van der Waals surface area contributed by atoms with Gasteiger partial charge in [0.25, 0.3) is 5.91 Å². The summed E-state index contributed by atoms with van der Waals surface area (Å²) in [4.78, 5) is 17.2. The maximum atomic E-state index is 13.8. The fraction of sp³-hybridized carbons (Fsp3) is 0.316. The van der Waals surface area contributed by atoms with Crippen LogP contribution in [-0.2, 0) is 10.3 Å². The summed E-state index contributed by atoms with van der Waals surface area (Å²) in [6.45, 7) is 2.90. The Morgan fingerprint density at radius 1 is 1.31 bits per heavy atom. The van der Waals surface area contributed by atoms with Crippen molar-refractivity contribution >= 4 is 16.9 Å². The third-order valence-electron chi connectivity index (χ3n) is 4.94. The fourth-order valence-electron chi connectivity index (χ4n) is 3.43. The van der Waals surface area contributed by atoms with Gasteiger partial charge in [0.2, 0.25) is 0 Å². The molecule has 26 heavy (non-hydrogen) atoms. The Balaban J connectivity index is 1.68. The first-order chi connectivity index (χ1) is 12.6. The number of rotatable bonds is 3. The van der Waals surface area contributed by atoms with E-state index in [4.69, 9.17) is 4.74 Å². The number of hydrogen-bond acceptors (Lipinski definition) is 4. The quantitative estimate of drug-likeness (QED) is 0.758. The largest absolute Gasteiger partial charge is 0.381 e. The first-order valence-electron chi connectivity index (χ1n) is 8.54. The van der Waals surface area contributed by atoms with Gasteiger partial charge in [-0.2, -0.15) is 5.10 Å². The summed E-state index contributed by atoms with van der Waals surface area (Å²) in [6, 6.07) is 8.16. The Morgan fingerprint density at radius 2 is 2.12 bits per heavy atom. The topological polar surface area (TPSA) is 79.9 Å². The highest BCUT2D eigenvalue weighted by Gasteiger charge is 2.36.